The van der Waals surface area contributed by atoms with E-state index >= 15 is 0 Å². The summed E-state index contributed by atoms with van der Waals surface area (Å²) in [4.78, 5) is 24.7. The van der Waals surface area contributed by atoms with Crippen molar-refractivity contribution in [3.05, 3.63) is 59.7 Å². The van der Waals surface area contributed by atoms with Gasteiger partial charge in [0.1, 0.15) is 23.2 Å². The van der Waals surface area contributed by atoms with Gasteiger partial charge in [0, 0.05) is 6.07 Å². The van der Waals surface area contributed by atoms with Crippen molar-refractivity contribution in [2.45, 2.75) is 38.2 Å². The van der Waals surface area contributed by atoms with Crippen molar-refractivity contribution in [1.82, 2.24) is 0 Å². The Morgan fingerprint density at radius 3 is 2.36 bits per heavy atom. The van der Waals surface area contributed by atoms with E-state index in [9.17, 15) is 14.7 Å². The van der Waals surface area contributed by atoms with Crippen LogP contribution in [0, 0.1) is 0 Å². The summed E-state index contributed by atoms with van der Waals surface area (Å²) in [5, 5.41) is 9.68. The summed E-state index contributed by atoms with van der Waals surface area (Å²) in [7, 11) is 0. The van der Waals surface area contributed by atoms with E-state index in [-0.39, 0.29) is 23.2 Å². The molecule has 3 rings (SSSR count). The van der Waals surface area contributed by atoms with Gasteiger partial charge in [0.25, 0.3) is 0 Å². The number of carbonyl (C=O) groups is 2. The Morgan fingerprint density at radius 2 is 1.64 bits per heavy atom. The van der Waals surface area contributed by atoms with Gasteiger partial charge in [0.15, 0.2) is 0 Å². The molecule has 0 saturated heterocycles. The third-order valence-electron chi connectivity index (χ3n) is 4.22. The van der Waals surface area contributed by atoms with Crippen LogP contribution in [0.15, 0.2) is 48.5 Å². The number of hydrogen-bond acceptors (Lipinski definition) is 5. The summed E-state index contributed by atoms with van der Waals surface area (Å²) in [5.74, 6) is -1.24. The van der Waals surface area contributed by atoms with E-state index in [1.165, 1.54) is 18.2 Å². The first-order valence-electron chi connectivity index (χ1n) is 8.45. The van der Waals surface area contributed by atoms with Crippen LogP contribution in [0.1, 0.15) is 52.8 Å². The normalized spacial score (nSPS) is 14.7. The van der Waals surface area contributed by atoms with E-state index in [1.807, 2.05) is 0 Å². The Labute approximate surface area is 146 Å². The molecule has 25 heavy (non-hydrogen) atoms. The molecule has 0 heterocycles. The lowest BCUT2D eigenvalue weighted by molar-refractivity contribution is 0.0208. The molecule has 0 atom stereocenters. The molecule has 0 aromatic heterocycles. The molecule has 1 aliphatic carbocycles. The maximum atomic E-state index is 12.5. The molecule has 0 bridgehead atoms. The number of phenols is 1. The first kappa shape index (κ1) is 17.0. The highest BCUT2D eigenvalue weighted by Gasteiger charge is 2.23. The Bertz CT molecular complexity index is 748. The molecule has 1 fully saturated rings. The molecule has 5 nitrogen and oxygen atoms in total. The average molecular weight is 340 g/mol. The smallest absolute Gasteiger partial charge is 0.343 e. The van der Waals surface area contributed by atoms with Gasteiger partial charge in [-0.1, -0.05) is 24.6 Å². The summed E-state index contributed by atoms with van der Waals surface area (Å²) in [6.07, 6.45) is 4.85. The molecule has 0 radical (unpaired) electrons. The molecule has 0 unspecified atom stereocenters. The molecule has 0 spiro atoms. The fourth-order valence-electron chi connectivity index (χ4n) is 2.89. The highest BCUT2D eigenvalue weighted by atomic mass is 16.6. The summed E-state index contributed by atoms with van der Waals surface area (Å²) in [5.41, 5.74) is 0.491. The van der Waals surface area contributed by atoms with Crippen LogP contribution >= 0.6 is 0 Å². The van der Waals surface area contributed by atoms with Gasteiger partial charge in [-0.2, -0.15) is 0 Å². The van der Waals surface area contributed by atoms with E-state index in [0.29, 0.717) is 5.56 Å². The molecule has 1 saturated carbocycles. The zero-order chi connectivity index (χ0) is 17.6. The topological polar surface area (TPSA) is 72.8 Å². The number of rotatable bonds is 4. The van der Waals surface area contributed by atoms with E-state index < -0.39 is 11.9 Å². The second kappa shape index (κ2) is 7.83. The zero-order valence-corrected chi connectivity index (χ0v) is 13.8. The highest BCUT2D eigenvalue weighted by Crippen LogP contribution is 2.28. The maximum absolute atomic E-state index is 12.5. The third kappa shape index (κ3) is 4.38. The summed E-state index contributed by atoms with van der Waals surface area (Å²) in [6, 6.07) is 12.5. The molecule has 5 heteroatoms. The van der Waals surface area contributed by atoms with Crippen molar-refractivity contribution in [1.29, 1.82) is 0 Å². The van der Waals surface area contributed by atoms with E-state index in [0.717, 1.165) is 32.1 Å². The van der Waals surface area contributed by atoms with Gasteiger partial charge < -0.3 is 14.6 Å². The van der Waals surface area contributed by atoms with Gasteiger partial charge in [-0.15, -0.1) is 0 Å². The van der Waals surface area contributed by atoms with Crippen LogP contribution in [0.5, 0.6) is 11.5 Å². The van der Waals surface area contributed by atoms with Gasteiger partial charge in [-0.05, 0) is 49.9 Å². The van der Waals surface area contributed by atoms with Crippen LogP contribution in [0.4, 0.5) is 0 Å². The molecular formula is C20H20O5. The number of phenolic OH excluding ortho intramolecular Hbond substituents is 1. The minimum atomic E-state index is -0.599. The van der Waals surface area contributed by atoms with Crippen LogP contribution in [0.3, 0.4) is 0 Å². The highest BCUT2D eigenvalue weighted by molar-refractivity contribution is 5.96. The lowest BCUT2D eigenvalue weighted by Crippen LogP contribution is -2.21. The Kier molecular flexibility index (Phi) is 5.33. The molecule has 1 aliphatic rings. The van der Waals surface area contributed by atoms with Crippen molar-refractivity contribution < 1.29 is 24.2 Å². The van der Waals surface area contributed by atoms with Crippen molar-refractivity contribution in [2.75, 3.05) is 0 Å². The Balaban J connectivity index is 1.77. The van der Waals surface area contributed by atoms with Crippen LogP contribution in [-0.4, -0.2) is 23.1 Å². The summed E-state index contributed by atoms with van der Waals surface area (Å²) >= 11 is 0. The zero-order valence-electron chi connectivity index (χ0n) is 13.8. The number of carbonyl (C=O) groups excluding carboxylic acids is 2. The predicted octanol–water partition coefficient (Wildman–Crippen LogP) is 4.10. The van der Waals surface area contributed by atoms with Crippen LogP contribution in [-0.2, 0) is 4.74 Å². The van der Waals surface area contributed by atoms with Crippen molar-refractivity contribution in [3.8, 4) is 11.5 Å². The van der Waals surface area contributed by atoms with Crippen molar-refractivity contribution >= 4 is 11.9 Å². The molecule has 130 valence electrons. The van der Waals surface area contributed by atoms with Gasteiger partial charge in [0.05, 0.1) is 5.56 Å². The number of esters is 2. The fraction of sp³-hybridized carbons (Fsp3) is 0.300. The van der Waals surface area contributed by atoms with Crippen LogP contribution in [0.2, 0.25) is 0 Å². The van der Waals surface area contributed by atoms with Crippen molar-refractivity contribution in [3.63, 3.8) is 0 Å². The van der Waals surface area contributed by atoms with Crippen molar-refractivity contribution in [2.24, 2.45) is 0 Å². The molecular weight excluding hydrogens is 320 g/mol. The first-order chi connectivity index (χ1) is 12.1. The van der Waals surface area contributed by atoms with E-state index in [2.05, 4.69) is 0 Å². The first-order valence-corrected chi connectivity index (χ1v) is 8.45. The molecule has 2 aromatic rings. The number of hydrogen-bond donors (Lipinski definition) is 1. The SMILES string of the molecule is O=C(Oc1cc(O)ccc1C(=O)OC1CCCCC1)c1ccccc1. The monoisotopic (exact) mass is 340 g/mol. The molecule has 2 aromatic carbocycles. The van der Waals surface area contributed by atoms with Gasteiger partial charge in [-0.25, -0.2) is 9.59 Å². The minimum Gasteiger partial charge on any atom is -0.508 e. The predicted molar refractivity (Wildman–Crippen MR) is 91.8 cm³/mol. The lowest BCUT2D eigenvalue weighted by Gasteiger charge is -2.22. The van der Waals surface area contributed by atoms with E-state index in [1.54, 1.807) is 30.3 Å². The standard InChI is InChI=1S/C20H20O5/c21-15-11-12-17(20(23)24-16-9-5-2-6-10-16)18(13-15)25-19(22)14-7-3-1-4-8-14/h1,3-4,7-8,11-13,16,21H,2,5-6,9-10H2. The van der Waals surface area contributed by atoms with Gasteiger partial charge in [-0.3, -0.25) is 0 Å². The summed E-state index contributed by atoms with van der Waals surface area (Å²) < 4.78 is 10.9. The Hall–Kier alpha value is -2.82. The number of ether oxygens (including phenoxy) is 2. The molecule has 0 amide bonds. The second-order valence-electron chi connectivity index (χ2n) is 6.10. The third-order valence-corrected chi connectivity index (χ3v) is 4.22. The van der Waals surface area contributed by atoms with E-state index in [4.69, 9.17) is 9.47 Å². The molecule has 0 aliphatic heterocycles. The van der Waals surface area contributed by atoms with Gasteiger partial charge in [0.2, 0.25) is 0 Å². The largest absolute Gasteiger partial charge is 0.508 e. The number of benzene rings is 2. The maximum Gasteiger partial charge on any atom is 0.343 e. The van der Waals surface area contributed by atoms with Crippen LogP contribution in [0.25, 0.3) is 0 Å². The summed E-state index contributed by atoms with van der Waals surface area (Å²) in [6.45, 7) is 0. The average Bonchev–Trinajstić information content (AvgIpc) is 2.63. The van der Waals surface area contributed by atoms with Gasteiger partial charge >= 0.3 is 11.9 Å². The number of aromatic hydroxyl groups is 1. The quantitative estimate of drug-likeness (QED) is 0.670. The fourth-order valence-corrected chi connectivity index (χ4v) is 2.89. The lowest BCUT2D eigenvalue weighted by atomic mass is 9.98. The van der Waals surface area contributed by atoms with Crippen LogP contribution < -0.4 is 4.74 Å². The molecule has 1 N–H and O–H groups in total. The second-order valence-corrected chi connectivity index (χ2v) is 6.10. The minimum absolute atomic E-state index is 0.00494. The Morgan fingerprint density at radius 1 is 0.920 bits per heavy atom.